The maximum atomic E-state index is 13.2. The zero-order valence-electron chi connectivity index (χ0n) is 17.2. The number of benzene rings is 2. The number of hydrogen-bond acceptors (Lipinski definition) is 6. The largest absolute Gasteiger partial charge is 0.346 e. The summed E-state index contributed by atoms with van der Waals surface area (Å²) in [5, 5.41) is 2.91. The summed E-state index contributed by atoms with van der Waals surface area (Å²) < 4.78 is 27.4. The maximum absolute atomic E-state index is 13.2. The molecule has 0 N–H and O–H groups in total. The van der Waals surface area contributed by atoms with Crippen molar-refractivity contribution in [2.24, 2.45) is 0 Å². The number of hydrogen-bond donors (Lipinski definition) is 0. The second-order valence-corrected chi connectivity index (χ2v) is 10.1. The number of nitrogens with zero attached hydrogens (tertiary/aromatic N) is 4. The van der Waals surface area contributed by atoms with Gasteiger partial charge in [0, 0.05) is 50.4 Å². The molecule has 1 aromatic heterocycles. The van der Waals surface area contributed by atoms with E-state index in [2.05, 4.69) is 9.88 Å². The van der Waals surface area contributed by atoms with E-state index in [1.54, 1.807) is 58.8 Å². The molecule has 0 saturated carbocycles. The molecule has 0 radical (unpaired) electrons. The van der Waals surface area contributed by atoms with Crippen LogP contribution in [0.1, 0.15) is 16.8 Å². The van der Waals surface area contributed by atoms with E-state index in [1.165, 1.54) is 23.5 Å². The van der Waals surface area contributed by atoms with E-state index < -0.39 is 10.0 Å². The normalized spacial score (nSPS) is 14.9. The highest BCUT2D eigenvalue weighted by molar-refractivity contribution is 7.92. The number of amides is 1. The molecule has 2 aromatic carbocycles. The van der Waals surface area contributed by atoms with Gasteiger partial charge in [-0.15, -0.1) is 11.3 Å². The Labute approximate surface area is 186 Å². The van der Waals surface area contributed by atoms with Crippen molar-refractivity contribution in [3.05, 3.63) is 71.7 Å². The monoisotopic (exact) mass is 456 g/mol. The van der Waals surface area contributed by atoms with Crippen molar-refractivity contribution in [2.75, 3.05) is 42.4 Å². The number of carbonyl (C=O) groups excluding carboxylic acids is 1. The van der Waals surface area contributed by atoms with Gasteiger partial charge < -0.3 is 9.80 Å². The first kappa shape index (κ1) is 21.3. The zero-order chi connectivity index (χ0) is 21.8. The summed E-state index contributed by atoms with van der Waals surface area (Å²) in [5.74, 6) is -0.152. The lowest BCUT2D eigenvalue weighted by atomic mass is 10.2. The SMILES string of the molecule is CN(c1ccccc1)S(=O)(=O)c1cccc(C(=O)N2CCCN(c3nccs3)CC2)c1. The highest BCUT2D eigenvalue weighted by Gasteiger charge is 2.25. The Kier molecular flexibility index (Phi) is 6.24. The van der Waals surface area contributed by atoms with Crippen LogP contribution in [0.2, 0.25) is 0 Å². The third-order valence-corrected chi connectivity index (χ3v) is 7.95. The molecule has 1 aliphatic heterocycles. The van der Waals surface area contributed by atoms with E-state index in [9.17, 15) is 13.2 Å². The van der Waals surface area contributed by atoms with Crippen LogP contribution in [0.3, 0.4) is 0 Å². The van der Waals surface area contributed by atoms with Gasteiger partial charge in [0.05, 0.1) is 10.6 Å². The van der Waals surface area contributed by atoms with Gasteiger partial charge in [-0.3, -0.25) is 9.10 Å². The van der Waals surface area contributed by atoms with Gasteiger partial charge >= 0.3 is 0 Å². The van der Waals surface area contributed by atoms with Crippen LogP contribution in [0.25, 0.3) is 0 Å². The van der Waals surface area contributed by atoms with Gasteiger partial charge in [0.1, 0.15) is 0 Å². The average Bonchev–Trinajstić information content (AvgIpc) is 3.23. The van der Waals surface area contributed by atoms with Gasteiger partial charge in [-0.05, 0) is 36.8 Å². The predicted octanol–water partition coefficient (Wildman–Crippen LogP) is 3.32. The molecule has 9 heteroatoms. The third kappa shape index (κ3) is 4.57. The lowest BCUT2D eigenvalue weighted by Gasteiger charge is -2.23. The Bertz CT molecular complexity index is 1130. The molecule has 1 fully saturated rings. The van der Waals surface area contributed by atoms with E-state index in [0.717, 1.165) is 18.1 Å². The van der Waals surface area contributed by atoms with Crippen LogP contribution < -0.4 is 9.21 Å². The molecule has 0 unspecified atom stereocenters. The van der Waals surface area contributed by atoms with Gasteiger partial charge in [0.25, 0.3) is 15.9 Å². The first-order valence-corrected chi connectivity index (χ1v) is 12.4. The molecule has 2 heterocycles. The number of thiazole rings is 1. The molecule has 0 atom stereocenters. The van der Waals surface area contributed by atoms with Crippen molar-refractivity contribution in [2.45, 2.75) is 11.3 Å². The third-order valence-electron chi connectivity index (χ3n) is 5.33. The van der Waals surface area contributed by atoms with Crippen LogP contribution in [-0.2, 0) is 10.0 Å². The Morgan fingerprint density at radius 2 is 1.84 bits per heavy atom. The van der Waals surface area contributed by atoms with E-state index in [4.69, 9.17) is 0 Å². The first-order valence-electron chi connectivity index (χ1n) is 10.0. The quantitative estimate of drug-likeness (QED) is 0.589. The molecule has 162 valence electrons. The average molecular weight is 457 g/mol. The Hall–Kier alpha value is -2.91. The molecule has 4 rings (SSSR count). The van der Waals surface area contributed by atoms with Crippen molar-refractivity contribution in [3.63, 3.8) is 0 Å². The molecule has 3 aromatic rings. The van der Waals surface area contributed by atoms with Gasteiger partial charge in [0.2, 0.25) is 0 Å². The lowest BCUT2D eigenvalue weighted by Crippen LogP contribution is -2.35. The summed E-state index contributed by atoms with van der Waals surface area (Å²) in [5.41, 5.74) is 0.944. The number of carbonyl (C=O) groups is 1. The Morgan fingerprint density at radius 3 is 2.58 bits per heavy atom. The number of sulfonamides is 1. The number of aromatic nitrogens is 1. The highest BCUT2D eigenvalue weighted by Crippen LogP contribution is 2.24. The summed E-state index contributed by atoms with van der Waals surface area (Å²) in [6.07, 6.45) is 2.62. The van der Waals surface area contributed by atoms with Crippen molar-refractivity contribution in [1.29, 1.82) is 0 Å². The molecular weight excluding hydrogens is 432 g/mol. The van der Waals surface area contributed by atoms with Crippen LogP contribution in [0.15, 0.2) is 71.1 Å². The molecule has 1 saturated heterocycles. The Balaban J connectivity index is 1.52. The number of anilines is 2. The standard InChI is InChI=1S/C22H24N4O3S2/c1-24(19-8-3-2-4-9-19)31(28,29)20-10-5-7-18(17-20)21(27)25-12-6-13-26(15-14-25)22-23-11-16-30-22/h2-5,7-11,16-17H,6,12-15H2,1H3. The summed E-state index contributed by atoms with van der Waals surface area (Å²) in [7, 11) is -2.26. The van der Waals surface area contributed by atoms with E-state index >= 15 is 0 Å². The van der Waals surface area contributed by atoms with E-state index in [-0.39, 0.29) is 10.8 Å². The van der Waals surface area contributed by atoms with Crippen molar-refractivity contribution in [1.82, 2.24) is 9.88 Å². The molecule has 0 aliphatic carbocycles. The fraction of sp³-hybridized carbons (Fsp3) is 0.273. The molecule has 0 spiro atoms. The van der Waals surface area contributed by atoms with E-state index in [0.29, 0.717) is 30.9 Å². The lowest BCUT2D eigenvalue weighted by molar-refractivity contribution is 0.0767. The number of para-hydroxylation sites is 1. The van der Waals surface area contributed by atoms with Crippen molar-refractivity contribution < 1.29 is 13.2 Å². The van der Waals surface area contributed by atoms with Crippen molar-refractivity contribution in [3.8, 4) is 0 Å². The summed E-state index contributed by atoms with van der Waals surface area (Å²) in [6, 6.07) is 15.2. The minimum atomic E-state index is -3.78. The molecule has 1 amide bonds. The van der Waals surface area contributed by atoms with Gasteiger partial charge in [0.15, 0.2) is 5.13 Å². The van der Waals surface area contributed by atoms with Crippen LogP contribution in [0.5, 0.6) is 0 Å². The van der Waals surface area contributed by atoms with Crippen molar-refractivity contribution >= 4 is 38.1 Å². The minimum absolute atomic E-state index is 0.101. The van der Waals surface area contributed by atoms with Crippen LogP contribution in [0, 0.1) is 0 Å². The van der Waals surface area contributed by atoms with E-state index in [1.807, 2.05) is 11.4 Å². The molecular formula is C22H24N4O3S2. The Morgan fingerprint density at radius 1 is 1.03 bits per heavy atom. The summed E-state index contributed by atoms with van der Waals surface area (Å²) in [6.45, 7) is 2.74. The molecule has 1 aliphatic rings. The maximum Gasteiger partial charge on any atom is 0.264 e. The topological polar surface area (TPSA) is 73.8 Å². The van der Waals surface area contributed by atoms with Gasteiger partial charge in [-0.25, -0.2) is 13.4 Å². The second kappa shape index (κ2) is 9.07. The van der Waals surface area contributed by atoms with Crippen LogP contribution in [0.4, 0.5) is 10.8 Å². The zero-order valence-corrected chi connectivity index (χ0v) is 18.8. The summed E-state index contributed by atoms with van der Waals surface area (Å²) in [4.78, 5) is 21.6. The van der Waals surface area contributed by atoms with Crippen LogP contribution in [-0.4, -0.2) is 57.4 Å². The smallest absolute Gasteiger partial charge is 0.264 e. The fourth-order valence-corrected chi connectivity index (χ4v) is 5.53. The fourth-order valence-electron chi connectivity index (χ4n) is 3.59. The second-order valence-electron chi connectivity index (χ2n) is 7.28. The molecule has 0 bridgehead atoms. The summed E-state index contributed by atoms with van der Waals surface area (Å²) >= 11 is 1.59. The molecule has 7 nitrogen and oxygen atoms in total. The highest BCUT2D eigenvalue weighted by atomic mass is 32.2. The minimum Gasteiger partial charge on any atom is -0.346 e. The van der Waals surface area contributed by atoms with Gasteiger partial charge in [-0.1, -0.05) is 24.3 Å². The van der Waals surface area contributed by atoms with Crippen LogP contribution >= 0.6 is 11.3 Å². The first-order chi connectivity index (χ1) is 15.0. The predicted molar refractivity (Wildman–Crippen MR) is 123 cm³/mol. The van der Waals surface area contributed by atoms with Gasteiger partial charge in [-0.2, -0.15) is 0 Å². The number of rotatable bonds is 5. The molecule has 31 heavy (non-hydrogen) atoms.